The number of carbonyl (C=O) groups is 2. The molecule has 0 aromatic carbocycles. The summed E-state index contributed by atoms with van der Waals surface area (Å²) in [6.07, 6.45) is 0. The number of nitrogens with one attached hydrogen (secondary N) is 1. The Hall–Kier alpha value is -2.94. The van der Waals surface area contributed by atoms with E-state index in [1.165, 1.54) is 11.3 Å². The van der Waals surface area contributed by atoms with Gasteiger partial charge >= 0.3 is 11.9 Å². The lowest BCUT2D eigenvalue weighted by atomic mass is 10.1. The first-order valence-electron chi connectivity index (χ1n) is 7.91. The van der Waals surface area contributed by atoms with Crippen molar-refractivity contribution in [2.45, 2.75) is 27.4 Å². The summed E-state index contributed by atoms with van der Waals surface area (Å²) in [5.41, 5.74) is 1.55. The van der Waals surface area contributed by atoms with Crippen LogP contribution in [0.1, 0.15) is 44.9 Å². The van der Waals surface area contributed by atoms with E-state index in [2.05, 4.69) is 15.1 Å². The highest BCUT2D eigenvalue weighted by molar-refractivity contribution is 7.13. The van der Waals surface area contributed by atoms with Crippen molar-refractivity contribution >= 4 is 23.3 Å². The van der Waals surface area contributed by atoms with Gasteiger partial charge in [-0.05, 0) is 37.8 Å². The lowest BCUT2D eigenvalue weighted by Crippen LogP contribution is -2.09. The van der Waals surface area contributed by atoms with Gasteiger partial charge in [0.05, 0.1) is 17.0 Å². The topological polar surface area (TPSA) is 107 Å². The number of esters is 2. The summed E-state index contributed by atoms with van der Waals surface area (Å²) in [6.45, 7) is 5.16. The molecule has 1 N–H and O–H groups in total. The highest BCUT2D eigenvalue weighted by atomic mass is 32.1. The number of ether oxygens (including phenoxy) is 2. The van der Waals surface area contributed by atoms with Crippen molar-refractivity contribution in [3.05, 3.63) is 45.9 Å². The Morgan fingerprint density at radius 2 is 2.08 bits per heavy atom. The summed E-state index contributed by atoms with van der Waals surface area (Å²) in [5, 5.41) is 5.76. The number of aromatic amines is 1. The number of thiophene rings is 1. The zero-order chi connectivity index (χ0) is 18.7. The standard InChI is InChI=1S/C17H17N3O5S/c1-4-23-17(22)14-9(2)13(10(3)18-14)16(21)24-8-12-19-15(20-25-12)11-6-5-7-26-11/h5-7,18H,4,8H2,1-3H3. The minimum Gasteiger partial charge on any atom is -0.461 e. The Kier molecular flexibility index (Phi) is 5.17. The van der Waals surface area contributed by atoms with Crippen molar-refractivity contribution in [3.8, 4) is 10.7 Å². The Bertz CT molecular complexity index is 927. The predicted octanol–water partition coefficient (Wildman–Crippen LogP) is 3.28. The maximum Gasteiger partial charge on any atom is 0.355 e. The van der Waals surface area contributed by atoms with Crippen molar-refractivity contribution in [1.82, 2.24) is 15.1 Å². The van der Waals surface area contributed by atoms with Crippen LogP contribution in [0.15, 0.2) is 22.0 Å². The molecule has 0 unspecified atom stereocenters. The van der Waals surface area contributed by atoms with Gasteiger partial charge in [-0.25, -0.2) is 9.59 Å². The number of rotatable bonds is 6. The third-order valence-electron chi connectivity index (χ3n) is 3.66. The fourth-order valence-electron chi connectivity index (χ4n) is 2.48. The van der Waals surface area contributed by atoms with Gasteiger partial charge in [-0.3, -0.25) is 0 Å². The summed E-state index contributed by atoms with van der Waals surface area (Å²) in [6, 6.07) is 3.75. The second-order valence-electron chi connectivity index (χ2n) is 5.41. The maximum absolute atomic E-state index is 12.4. The zero-order valence-corrected chi connectivity index (χ0v) is 15.3. The van der Waals surface area contributed by atoms with Gasteiger partial charge in [-0.15, -0.1) is 11.3 Å². The number of carbonyl (C=O) groups excluding carboxylic acids is 2. The van der Waals surface area contributed by atoms with Crippen LogP contribution in [0.2, 0.25) is 0 Å². The quantitative estimate of drug-likeness (QED) is 0.659. The molecular formula is C17H17N3O5S. The summed E-state index contributed by atoms with van der Waals surface area (Å²) in [7, 11) is 0. The van der Waals surface area contributed by atoms with Crippen molar-refractivity contribution < 1.29 is 23.6 Å². The van der Waals surface area contributed by atoms with Crippen LogP contribution in [-0.4, -0.2) is 33.7 Å². The summed E-state index contributed by atoms with van der Waals surface area (Å²) >= 11 is 1.48. The van der Waals surface area contributed by atoms with Crippen LogP contribution in [0.4, 0.5) is 0 Å². The van der Waals surface area contributed by atoms with E-state index in [1.54, 1.807) is 20.8 Å². The number of hydrogen-bond donors (Lipinski definition) is 1. The highest BCUT2D eigenvalue weighted by Gasteiger charge is 2.24. The first-order valence-corrected chi connectivity index (χ1v) is 8.79. The zero-order valence-electron chi connectivity index (χ0n) is 14.5. The van der Waals surface area contributed by atoms with E-state index in [0.29, 0.717) is 22.6 Å². The Balaban J connectivity index is 1.70. The monoisotopic (exact) mass is 375 g/mol. The minimum absolute atomic E-state index is 0.157. The molecule has 0 fully saturated rings. The van der Waals surface area contributed by atoms with Crippen LogP contribution >= 0.6 is 11.3 Å². The molecule has 3 rings (SSSR count). The number of aromatic nitrogens is 3. The van der Waals surface area contributed by atoms with E-state index in [4.69, 9.17) is 14.0 Å². The van der Waals surface area contributed by atoms with Crippen LogP contribution in [0.5, 0.6) is 0 Å². The highest BCUT2D eigenvalue weighted by Crippen LogP contribution is 2.22. The van der Waals surface area contributed by atoms with Crippen LogP contribution in [0, 0.1) is 13.8 Å². The Morgan fingerprint density at radius 1 is 1.27 bits per heavy atom. The summed E-state index contributed by atoms with van der Waals surface area (Å²) < 4.78 is 15.3. The molecular weight excluding hydrogens is 358 g/mol. The number of H-pyrrole nitrogens is 1. The SMILES string of the molecule is CCOC(=O)c1[nH]c(C)c(C(=O)OCc2nc(-c3cccs3)no2)c1C. The molecule has 0 bridgehead atoms. The van der Waals surface area contributed by atoms with Crippen LogP contribution < -0.4 is 0 Å². The van der Waals surface area contributed by atoms with Gasteiger partial charge in [0.1, 0.15) is 5.69 Å². The fraction of sp³-hybridized carbons (Fsp3) is 0.294. The van der Waals surface area contributed by atoms with Crippen molar-refractivity contribution in [1.29, 1.82) is 0 Å². The summed E-state index contributed by atoms with van der Waals surface area (Å²) in [4.78, 5) is 32.2. The Morgan fingerprint density at radius 3 is 2.77 bits per heavy atom. The largest absolute Gasteiger partial charge is 0.461 e. The molecule has 3 aromatic rings. The van der Waals surface area contributed by atoms with Crippen LogP contribution in [0.25, 0.3) is 10.7 Å². The van der Waals surface area contributed by atoms with E-state index >= 15 is 0 Å². The van der Waals surface area contributed by atoms with Gasteiger partial charge in [0.2, 0.25) is 5.82 Å². The number of aryl methyl sites for hydroxylation is 1. The number of hydrogen-bond acceptors (Lipinski definition) is 8. The fourth-order valence-corrected chi connectivity index (χ4v) is 3.13. The molecule has 0 aliphatic heterocycles. The third-order valence-corrected chi connectivity index (χ3v) is 4.52. The first kappa shape index (κ1) is 17.9. The molecule has 136 valence electrons. The normalized spacial score (nSPS) is 10.7. The van der Waals surface area contributed by atoms with Crippen molar-refractivity contribution in [3.63, 3.8) is 0 Å². The first-order chi connectivity index (χ1) is 12.5. The molecule has 9 heteroatoms. The average molecular weight is 375 g/mol. The molecule has 3 aromatic heterocycles. The molecule has 3 heterocycles. The van der Waals surface area contributed by atoms with E-state index < -0.39 is 11.9 Å². The van der Waals surface area contributed by atoms with E-state index in [0.717, 1.165) is 4.88 Å². The molecule has 0 saturated heterocycles. The van der Waals surface area contributed by atoms with Gasteiger partial charge < -0.3 is 19.0 Å². The third kappa shape index (κ3) is 3.52. The lowest BCUT2D eigenvalue weighted by molar-refractivity contribution is 0.0428. The second kappa shape index (κ2) is 7.52. The van der Waals surface area contributed by atoms with Gasteiger partial charge in [0.25, 0.3) is 5.89 Å². The average Bonchev–Trinajstić information content (AvgIpc) is 3.33. The smallest absolute Gasteiger partial charge is 0.355 e. The van der Waals surface area contributed by atoms with Gasteiger partial charge in [0.15, 0.2) is 6.61 Å². The molecule has 0 saturated carbocycles. The molecule has 0 aliphatic carbocycles. The van der Waals surface area contributed by atoms with E-state index in [1.807, 2.05) is 17.5 Å². The maximum atomic E-state index is 12.4. The predicted molar refractivity (Wildman–Crippen MR) is 93.0 cm³/mol. The molecule has 0 amide bonds. The van der Waals surface area contributed by atoms with Gasteiger partial charge in [-0.1, -0.05) is 11.2 Å². The molecule has 0 atom stereocenters. The van der Waals surface area contributed by atoms with E-state index in [9.17, 15) is 9.59 Å². The minimum atomic E-state index is -0.581. The molecule has 0 spiro atoms. The Labute approximate surface area is 153 Å². The molecule has 0 radical (unpaired) electrons. The van der Waals surface area contributed by atoms with Gasteiger partial charge in [0, 0.05) is 5.69 Å². The van der Waals surface area contributed by atoms with Crippen molar-refractivity contribution in [2.75, 3.05) is 6.61 Å². The molecule has 8 nitrogen and oxygen atoms in total. The lowest BCUT2D eigenvalue weighted by Gasteiger charge is -2.03. The van der Waals surface area contributed by atoms with Crippen LogP contribution in [0.3, 0.4) is 0 Å². The number of nitrogens with zero attached hydrogens (tertiary/aromatic N) is 2. The van der Waals surface area contributed by atoms with Crippen LogP contribution in [-0.2, 0) is 16.1 Å². The van der Waals surface area contributed by atoms with Crippen molar-refractivity contribution in [2.24, 2.45) is 0 Å². The molecule has 0 aliphatic rings. The second-order valence-corrected chi connectivity index (χ2v) is 6.36. The van der Waals surface area contributed by atoms with Gasteiger partial charge in [-0.2, -0.15) is 4.98 Å². The molecule has 26 heavy (non-hydrogen) atoms. The van der Waals surface area contributed by atoms with E-state index in [-0.39, 0.29) is 24.8 Å². The summed E-state index contributed by atoms with van der Waals surface area (Å²) in [5.74, 6) is -0.449.